The quantitative estimate of drug-likeness (QED) is 0.623. The Labute approximate surface area is 90.4 Å². The summed E-state index contributed by atoms with van der Waals surface area (Å²) in [6, 6.07) is 3.88. The third-order valence-electron chi connectivity index (χ3n) is 4.12. The summed E-state index contributed by atoms with van der Waals surface area (Å²) in [7, 11) is -1.32. The molecule has 0 aromatic heterocycles. The van der Waals surface area contributed by atoms with Crippen molar-refractivity contribution in [2.45, 2.75) is 71.2 Å². The minimum atomic E-state index is -1.32. The van der Waals surface area contributed by atoms with Gasteiger partial charge in [-0.25, -0.2) is 0 Å². The van der Waals surface area contributed by atoms with Crippen molar-refractivity contribution in [3.8, 4) is 0 Å². The van der Waals surface area contributed by atoms with E-state index >= 15 is 0 Å². The summed E-state index contributed by atoms with van der Waals surface area (Å²) in [4.78, 5) is 0. The Bertz CT molecular complexity index is 157. The van der Waals surface area contributed by atoms with Crippen molar-refractivity contribution in [1.82, 2.24) is 0 Å². The molecule has 0 aromatic rings. The molecule has 0 radical (unpaired) electrons. The lowest BCUT2D eigenvalue weighted by molar-refractivity contribution is 0.153. The monoisotopic (exact) mass is 214 g/mol. The highest BCUT2D eigenvalue weighted by Crippen LogP contribution is 2.33. The first-order chi connectivity index (χ1) is 6.67. The number of hydrogen-bond acceptors (Lipinski definition) is 1. The van der Waals surface area contributed by atoms with E-state index in [2.05, 4.69) is 27.7 Å². The van der Waals surface area contributed by atoms with Gasteiger partial charge in [0.25, 0.3) is 0 Å². The van der Waals surface area contributed by atoms with Crippen LogP contribution < -0.4 is 0 Å². The maximum atomic E-state index is 6.50. The minimum absolute atomic E-state index is 0.599. The molecule has 0 N–H and O–H groups in total. The van der Waals surface area contributed by atoms with Gasteiger partial charge >= 0.3 is 0 Å². The Morgan fingerprint density at radius 2 is 1.64 bits per heavy atom. The van der Waals surface area contributed by atoms with E-state index < -0.39 is 8.32 Å². The van der Waals surface area contributed by atoms with Gasteiger partial charge in [-0.1, -0.05) is 34.1 Å². The Kier molecular flexibility index (Phi) is 4.65. The maximum absolute atomic E-state index is 6.50. The second-order valence-electron chi connectivity index (χ2n) is 4.81. The van der Waals surface area contributed by atoms with Crippen LogP contribution in [-0.2, 0) is 4.43 Å². The van der Waals surface area contributed by atoms with Crippen LogP contribution in [-0.4, -0.2) is 14.4 Å². The molecule has 1 nitrogen and oxygen atoms in total. The standard InChI is InChI=1S/C12H26OSi/c1-5-14(6-2,7-3)13-12-10-8-9-11(12)4/h11-12H,5-10H2,1-4H3/q-1. The third-order valence-corrected chi connectivity index (χ3v) is 8.79. The van der Waals surface area contributed by atoms with E-state index in [1.807, 2.05) is 0 Å². The van der Waals surface area contributed by atoms with Crippen LogP contribution in [0.1, 0.15) is 47.0 Å². The largest absolute Gasteiger partial charge is 0.562 e. The molecule has 2 heteroatoms. The molecule has 1 saturated carbocycles. The topological polar surface area (TPSA) is 9.23 Å². The molecule has 1 fully saturated rings. The fourth-order valence-corrected chi connectivity index (χ4v) is 5.60. The Morgan fingerprint density at radius 1 is 1.07 bits per heavy atom. The fourth-order valence-electron chi connectivity index (χ4n) is 2.61. The van der Waals surface area contributed by atoms with Crippen molar-refractivity contribution in [3.63, 3.8) is 0 Å². The molecular weight excluding hydrogens is 188 g/mol. The SMILES string of the molecule is CC[Si-](CC)(CC)OC1CCCC1C. The summed E-state index contributed by atoms with van der Waals surface area (Å²) in [6.45, 7) is 9.31. The van der Waals surface area contributed by atoms with E-state index in [1.165, 1.54) is 37.4 Å². The molecular formula is C12H26OSi-. The highest BCUT2D eigenvalue weighted by molar-refractivity contribution is 6.73. The predicted molar refractivity (Wildman–Crippen MR) is 65.1 cm³/mol. The summed E-state index contributed by atoms with van der Waals surface area (Å²) in [5, 5.41) is 0. The summed E-state index contributed by atoms with van der Waals surface area (Å²) >= 11 is 0. The molecule has 0 bridgehead atoms. The minimum Gasteiger partial charge on any atom is -0.562 e. The van der Waals surface area contributed by atoms with Crippen molar-refractivity contribution < 1.29 is 4.43 Å². The Morgan fingerprint density at radius 3 is 2.00 bits per heavy atom. The van der Waals surface area contributed by atoms with Crippen molar-refractivity contribution in [2.75, 3.05) is 0 Å². The third kappa shape index (κ3) is 2.60. The van der Waals surface area contributed by atoms with E-state index in [1.54, 1.807) is 0 Å². The summed E-state index contributed by atoms with van der Waals surface area (Å²) < 4.78 is 6.50. The van der Waals surface area contributed by atoms with E-state index in [0.717, 1.165) is 5.92 Å². The molecule has 1 aliphatic carbocycles. The van der Waals surface area contributed by atoms with Gasteiger partial charge in [0.1, 0.15) is 0 Å². The predicted octanol–water partition coefficient (Wildman–Crippen LogP) is 4.20. The Balaban J connectivity index is 2.54. The van der Waals surface area contributed by atoms with E-state index in [4.69, 9.17) is 4.43 Å². The fraction of sp³-hybridized carbons (Fsp3) is 1.00. The van der Waals surface area contributed by atoms with E-state index in [-0.39, 0.29) is 0 Å². The normalized spacial score (nSPS) is 28.3. The molecule has 0 aromatic carbocycles. The molecule has 0 heterocycles. The van der Waals surface area contributed by atoms with Crippen molar-refractivity contribution in [2.24, 2.45) is 5.92 Å². The van der Waals surface area contributed by atoms with Gasteiger partial charge in [-0.2, -0.15) is 0 Å². The van der Waals surface area contributed by atoms with Crippen LogP contribution in [0.5, 0.6) is 0 Å². The average molecular weight is 214 g/mol. The molecule has 0 amide bonds. The van der Waals surface area contributed by atoms with E-state index in [0.29, 0.717) is 6.10 Å². The number of hydrogen-bond donors (Lipinski definition) is 0. The lowest BCUT2D eigenvalue weighted by atomic mass is 10.1. The van der Waals surface area contributed by atoms with Crippen LogP contribution in [0.25, 0.3) is 0 Å². The van der Waals surface area contributed by atoms with Gasteiger partial charge in [0.15, 0.2) is 0 Å². The first-order valence-corrected chi connectivity index (χ1v) is 8.88. The Hall–Kier alpha value is 0.177. The lowest BCUT2D eigenvalue weighted by Gasteiger charge is -2.45. The molecule has 2 unspecified atom stereocenters. The van der Waals surface area contributed by atoms with Crippen LogP contribution in [0.15, 0.2) is 0 Å². The zero-order valence-electron chi connectivity index (χ0n) is 10.3. The highest BCUT2D eigenvalue weighted by atomic mass is 28.4. The molecule has 14 heavy (non-hydrogen) atoms. The maximum Gasteiger partial charge on any atom is 0.0180 e. The molecule has 1 aliphatic rings. The molecule has 85 valence electrons. The molecule has 0 aliphatic heterocycles. The zero-order chi connectivity index (χ0) is 10.6. The van der Waals surface area contributed by atoms with Crippen LogP contribution >= 0.6 is 0 Å². The molecule has 0 spiro atoms. The van der Waals surface area contributed by atoms with Gasteiger partial charge in [-0.3, -0.25) is 0 Å². The second-order valence-corrected chi connectivity index (χ2v) is 9.53. The van der Waals surface area contributed by atoms with Gasteiger partial charge in [-0.05, 0) is 27.1 Å². The average Bonchev–Trinajstić information content (AvgIpc) is 2.61. The zero-order valence-corrected chi connectivity index (χ0v) is 11.3. The molecule has 1 rings (SSSR count). The van der Waals surface area contributed by atoms with Crippen LogP contribution in [0, 0.1) is 5.92 Å². The number of rotatable bonds is 5. The first-order valence-electron chi connectivity index (χ1n) is 6.35. The van der Waals surface area contributed by atoms with Gasteiger partial charge in [-0.15, -0.1) is 18.1 Å². The van der Waals surface area contributed by atoms with Crippen molar-refractivity contribution in [3.05, 3.63) is 0 Å². The van der Waals surface area contributed by atoms with Gasteiger partial charge in [0.05, 0.1) is 0 Å². The van der Waals surface area contributed by atoms with Crippen LogP contribution in [0.3, 0.4) is 0 Å². The van der Waals surface area contributed by atoms with Crippen molar-refractivity contribution in [1.29, 1.82) is 0 Å². The second kappa shape index (κ2) is 5.31. The van der Waals surface area contributed by atoms with Gasteiger partial charge in [0.2, 0.25) is 0 Å². The van der Waals surface area contributed by atoms with E-state index in [9.17, 15) is 0 Å². The smallest absolute Gasteiger partial charge is 0.0180 e. The molecule has 2 atom stereocenters. The summed E-state index contributed by atoms with van der Waals surface area (Å²) in [5.74, 6) is 0.812. The summed E-state index contributed by atoms with van der Waals surface area (Å²) in [5.41, 5.74) is 0. The lowest BCUT2D eigenvalue weighted by Crippen LogP contribution is -2.40. The van der Waals surface area contributed by atoms with Gasteiger partial charge < -0.3 is 4.43 Å². The first kappa shape index (κ1) is 12.2. The summed E-state index contributed by atoms with van der Waals surface area (Å²) in [6.07, 6.45) is 4.68. The molecule has 0 saturated heterocycles. The van der Waals surface area contributed by atoms with Gasteiger partial charge in [0, 0.05) is 6.10 Å². The van der Waals surface area contributed by atoms with Crippen LogP contribution in [0.2, 0.25) is 18.1 Å². The highest BCUT2D eigenvalue weighted by Gasteiger charge is 2.27. The van der Waals surface area contributed by atoms with Crippen molar-refractivity contribution >= 4 is 8.32 Å². The van der Waals surface area contributed by atoms with Crippen LogP contribution in [0.4, 0.5) is 0 Å².